The van der Waals surface area contributed by atoms with Gasteiger partial charge in [0.1, 0.15) is 5.75 Å². The van der Waals surface area contributed by atoms with Crippen LogP contribution in [-0.4, -0.2) is 37.2 Å². The van der Waals surface area contributed by atoms with Gasteiger partial charge in [0.15, 0.2) is 0 Å². The van der Waals surface area contributed by atoms with Crippen molar-refractivity contribution in [3.8, 4) is 5.75 Å². The minimum absolute atomic E-state index is 0. The zero-order valence-electron chi connectivity index (χ0n) is 9.56. The average molecular weight is 246 g/mol. The molecule has 5 heteroatoms. The van der Waals surface area contributed by atoms with Gasteiger partial charge in [-0.3, -0.25) is 0 Å². The van der Waals surface area contributed by atoms with Gasteiger partial charge < -0.3 is 14.7 Å². The lowest BCUT2D eigenvalue weighted by atomic mass is 10.1. The molecular formula is C11H16ClNO3. The number of nitrogens with zero attached hydrogens (tertiary/aromatic N) is 1. The number of methoxy groups -OCH3 is 1. The Hall–Kier alpha value is -1.26. The lowest BCUT2D eigenvalue weighted by Gasteiger charge is -2.13. The number of ether oxygens (including phenoxy) is 1. The van der Waals surface area contributed by atoms with Gasteiger partial charge in [-0.2, -0.15) is 0 Å². The lowest BCUT2D eigenvalue weighted by Crippen LogP contribution is -2.12. The van der Waals surface area contributed by atoms with Crippen LogP contribution in [0, 0.1) is 0 Å². The largest absolute Gasteiger partial charge is 0.496 e. The molecule has 0 fully saturated rings. The third-order valence-electron chi connectivity index (χ3n) is 2.02. The number of rotatable bonds is 4. The summed E-state index contributed by atoms with van der Waals surface area (Å²) in [4.78, 5) is 12.7. The van der Waals surface area contributed by atoms with Crippen LogP contribution >= 0.6 is 12.4 Å². The van der Waals surface area contributed by atoms with Crippen LogP contribution in [0.15, 0.2) is 18.2 Å². The number of carbonyl (C=O) groups is 1. The quantitative estimate of drug-likeness (QED) is 0.880. The molecule has 0 spiro atoms. The van der Waals surface area contributed by atoms with E-state index in [2.05, 4.69) is 0 Å². The summed E-state index contributed by atoms with van der Waals surface area (Å²) in [5, 5.41) is 8.81. The summed E-state index contributed by atoms with van der Waals surface area (Å²) in [6, 6.07) is 4.91. The summed E-state index contributed by atoms with van der Waals surface area (Å²) < 4.78 is 5.15. The molecule has 0 atom stereocenters. The highest BCUT2D eigenvalue weighted by molar-refractivity contribution is 5.88. The third-order valence-corrected chi connectivity index (χ3v) is 2.02. The van der Waals surface area contributed by atoms with Crippen molar-refractivity contribution in [3.63, 3.8) is 0 Å². The van der Waals surface area contributed by atoms with E-state index in [0.29, 0.717) is 5.75 Å². The van der Waals surface area contributed by atoms with Crippen molar-refractivity contribution < 1.29 is 14.6 Å². The second kappa shape index (κ2) is 6.35. The fourth-order valence-electron chi connectivity index (χ4n) is 1.35. The molecule has 0 aliphatic rings. The van der Waals surface area contributed by atoms with Crippen molar-refractivity contribution in [2.24, 2.45) is 0 Å². The maximum Gasteiger partial charge on any atom is 0.335 e. The van der Waals surface area contributed by atoms with Crippen molar-refractivity contribution in [2.45, 2.75) is 6.54 Å². The molecule has 1 rings (SSSR count). The molecule has 0 aromatic heterocycles. The van der Waals surface area contributed by atoms with Crippen LogP contribution in [0.3, 0.4) is 0 Å². The van der Waals surface area contributed by atoms with Gasteiger partial charge in [0.2, 0.25) is 0 Å². The minimum Gasteiger partial charge on any atom is -0.496 e. The Labute approximate surface area is 101 Å². The predicted molar refractivity (Wildman–Crippen MR) is 64.6 cm³/mol. The predicted octanol–water partition coefficient (Wildman–Crippen LogP) is 1.88. The number of aromatic carboxylic acids is 1. The Balaban J connectivity index is 0.00000225. The molecule has 4 nitrogen and oxygen atoms in total. The lowest BCUT2D eigenvalue weighted by molar-refractivity contribution is 0.0696. The minimum atomic E-state index is -0.940. The number of carboxylic acids is 1. The van der Waals surface area contributed by atoms with E-state index in [4.69, 9.17) is 9.84 Å². The van der Waals surface area contributed by atoms with Crippen molar-refractivity contribution in [2.75, 3.05) is 21.2 Å². The molecule has 0 amide bonds. The SMILES string of the molecule is COc1cc(C(=O)O)ccc1CN(C)C.Cl. The zero-order chi connectivity index (χ0) is 11.4. The van der Waals surface area contributed by atoms with Gasteiger partial charge in [0.05, 0.1) is 12.7 Å². The monoisotopic (exact) mass is 245 g/mol. The first-order valence-electron chi connectivity index (χ1n) is 4.59. The number of hydrogen-bond acceptors (Lipinski definition) is 3. The smallest absolute Gasteiger partial charge is 0.335 e. The highest BCUT2D eigenvalue weighted by Gasteiger charge is 2.09. The number of hydrogen-bond donors (Lipinski definition) is 1. The van der Waals surface area contributed by atoms with Crippen LogP contribution in [-0.2, 0) is 6.54 Å². The van der Waals surface area contributed by atoms with Crippen LogP contribution in [0.5, 0.6) is 5.75 Å². The average Bonchev–Trinajstić information content (AvgIpc) is 2.17. The summed E-state index contributed by atoms with van der Waals surface area (Å²) in [5.41, 5.74) is 1.22. The Kier molecular flexibility index (Phi) is 5.85. The maximum absolute atomic E-state index is 10.7. The van der Waals surface area contributed by atoms with Crippen LogP contribution in [0.25, 0.3) is 0 Å². The molecule has 0 saturated carbocycles. The Bertz CT molecular complexity index is 366. The van der Waals surface area contributed by atoms with Crippen molar-refractivity contribution >= 4 is 18.4 Å². The normalized spacial score (nSPS) is 9.75. The van der Waals surface area contributed by atoms with Crippen LogP contribution in [0.4, 0.5) is 0 Å². The number of carboxylic acid groups (broad SMARTS) is 1. The highest BCUT2D eigenvalue weighted by Crippen LogP contribution is 2.21. The zero-order valence-corrected chi connectivity index (χ0v) is 10.4. The van der Waals surface area contributed by atoms with E-state index < -0.39 is 5.97 Å². The molecule has 0 heterocycles. The van der Waals surface area contributed by atoms with E-state index >= 15 is 0 Å². The Morgan fingerprint density at radius 1 is 1.44 bits per heavy atom. The first-order valence-corrected chi connectivity index (χ1v) is 4.59. The van der Waals surface area contributed by atoms with Gasteiger partial charge >= 0.3 is 5.97 Å². The van der Waals surface area contributed by atoms with E-state index in [0.717, 1.165) is 12.1 Å². The van der Waals surface area contributed by atoms with Gasteiger partial charge in [-0.25, -0.2) is 4.79 Å². The molecule has 1 aromatic rings. The van der Waals surface area contributed by atoms with E-state index in [9.17, 15) is 4.79 Å². The first-order chi connectivity index (χ1) is 7.04. The Morgan fingerprint density at radius 3 is 2.50 bits per heavy atom. The standard InChI is InChI=1S/C11H15NO3.ClH/c1-12(2)7-9-5-4-8(11(13)14)6-10(9)15-3;/h4-6H,7H2,1-3H3,(H,13,14);1H. The highest BCUT2D eigenvalue weighted by atomic mass is 35.5. The summed E-state index contributed by atoms with van der Waals surface area (Å²) in [6.07, 6.45) is 0. The number of halogens is 1. The fourth-order valence-corrected chi connectivity index (χ4v) is 1.35. The van der Waals surface area contributed by atoms with E-state index in [1.807, 2.05) is 19.0 Å². The molecule has 0 radical (unpaired) electrons. The van der Waals surface area contributed by atoms with Crippen molar-refractivity contribution in [1.29, 1.82) is 0 Å². The van der Waals surface area contributed by atoms with Gasteiger partial charge in [0.25, 0.3) is 0 Å². The van der Waals surface area contributed by atoms with Gasteiger partial charge in [-0.15, -0.1) is 12.4 Å². The molecule has 1 aromatic carbocycles. The molecule has 16 heavy (non-hydrogen) atoms. The molecule has 0 aliphatic heterocycles. The molecule has 0 aliphatic carbocycles. The second-order valence-corrected chi connectivity index (χ2v) is 3.57. The van der Waals surface area contributed by atoms with Crippen LogP contribution < -0.4 is 4.74 Å². The summed E-state index contributed by atoms with van der Waals surface area (Å²) in [5.74, 6) is -0.326. The number of benzene rings is 1. The second-order valence-electron chi connectivity index (χ2n) is 3.57. The van der Waals surface area contributed by atoms with E-state index in [1.165, 1.54) is 0 Å². The molecular weight excluding hydrogens is 230 g/mol. The van der Waals surface area contributed by atoms with E-state index in [-0.39, 0.29) is 18.0 Å². The summed E-state index contributed by atoms with van der Waals surface area (Å²) in [6.45, 7) is 0.725. The molecule has 0 bridgehead atoms. The molecule has 1 N–H and O–H groups in total. The Morgan fingerprint density at radius 2 is 2.06 bits per heavy atom. The molecule has 0 saturated heterocycles. The maximum atomic E-state index is 10.7. The summed E-state index contributed by atoms with van der Waals surface area (Å²) >= 11 is 0. The van der Waals surface area contributed by atoms with Gasteiger partial charge in [0, 0.05) is 12.1 Å². The van der Waals surface area contributed by atoms with Crippen LogP contribution in [0.2, 0.25) is 0 Å². The topological polar surface area (TPSA) is 49.8 Å². The van der Waals surface area contributed by atoms with Crippen molar-refractivity contribution in [1.82, 2.24) is 4.90 Å². The van der Waals surface area contributed by atoms with E-state index in [1.54, 1.807) is 25.3 Å². The first kappa shape index (κ1) is 14.7. The molecule has 0 unspecified atom stereocenters. The fraction of sp³-hybridized carbons (Fsp3) is 0.364. The summed E-state index contributed by atoms with van der Waals surface area (Å²) in [7, 11) is 5.44. The van der Waals surface area contributed by atoms with Crippen LogP contribution in [0.1, 0.15) is 15.9 Å². The van der Waals surface area contributed by atoms with Gasteiger partial charge in [-0.05, 0) is 26.2 Å². The van der Waals surface area contributed by atoms with Crippen molar-refractivity contribution in [3.05, 3.63) is 29.3 Å². The molecule has 90 valence electrons. The van der Waals surface area contributed by atoms with Gasteiger partial charge in [-0.1, -0.05) is 6.07 Å². The third kappa shape index (κ3) is 3.72.